The number of nitrogens with one attached hydrogen (secondary N) is 9. The number of unbranched alkanes of at least 4 members (excludes halogenated alkanes) is 1. The number of sulfonamides is 2. The molecule has 46 nitrogen and oxygen atoms in total. The van der Waals surface area contributed by atoms with Crippen LogP contribution in [0.25, 0.3) is 82.9 Å². The van der Waals surface area contributed by atoms with Crippen LogP contribution in [-0.4, -0.2) is 254 Å². The van der Waals surface area contributed by atoms with Gasteiger partial charge >= 0.3 is 16.1 Å². The molecule has 0 fully saturated rings. The van der Waals surface area contributed by atoms with Crippen molar-refractivity contribution in [1.29, 1.82) is 0 Å². The van der Waals surface area contributed by atoms with Gasteiger partial charge in [-0.3, -0.25) is 18.9 Å². The Labute approximate surface area is 745 Å². The lowest BCUT2D eigenvalue weighted by Gasteiger charge is -2.17. The molecule has 58 heteroatoms. The van der Waals surface area contributed by atoms with Crippen molar-refractivity contribution in [2.75, 3.05) is 24.7 Å². The second-order valence-corrected chi connectivity index (χ2v) is 44.7. The molecule has 0 radical (unpaired) electrons. The van der Waals surface area contributed by atoms with Crippen LogP contribution in [0.2, 0.25) is 0 Å². The summed E-state index contributed by atoms with van der Waals surface area (Å²) >= 11 is 0. The number of halogens is 2. The smallest absolute Gasteiger partial charge is 0.338 e. The summed E-state index contributed by atoms with van der Waals surface area (Å²) in [7, 11) is -36.0. The van der Waals surface area contributed by atoms with Gasteiger partial charge in [0.2, 0.25) is 51.0 Å². The van der Waals surface area contributed by atoms with Crippen LogP contribution in [0.5, 0.6) is 5.75 Å². The van der Waals surface area contributed by atoms with Gasteiger partial charge in [-0.1, -0.05) is 37.6 Å². The zero-order valence-electron chi connectivity index (χ0n) is 67.2. The van der Waals surface area contributed by atoms with Gasteiger partial charge in [-0.05, 0) is 139 Å². The number of hydrogen-bond acceptors (Lipinski definition) is 27. The number of ketones is 2. The number of carbonyl (C=O) groups is 4. The van der Waals surface area contributed by atoms with Gasteiger partial charge in [0.25, 0.3) is 11.1 Å². The summed E-state index contributed by atoms with van der Waals surface area (Å²) in [5.41, 5.74) is 5.73. The molecule has 1 aliphatic carbocycles. The summed E-state index contributed by atoms with van der Waals surface area (Å²) in [6.07, 6.45) is 5.84. The summed E-state index contributed by atoms with van der Waals surface area (Å²) in [4.78, 5) is 92.0. The number of nitrogens with two attached hydrogens (primary N) is 1. The van der Waals surface area contributed by atoms with E-state index < -0.39 is 127 Å². The van der Waals surface area contributed by atoms with E-state index in [1.165, 1.54) is 89.7 Å². The number of aromatic carboxylic acids is 1. The van der Waals surface area contributed by atoms with Gasteiger partial charge in [0.05, 0.1) is 97.7 Å². The Hall–Kier alpha value is -13.2. The molecule has 132 heavy (non-hydrogen) atoms. The van der Waals surface area contributed by atoms with E-state index in [4.69, 9.17) is 19.5 Å². The summed E-state index contributed by atoms with van der Waals surface area (Å²) in [6, 6.07) is 31.1. The van der Waals surface area contributed by atoms with E-state index in [-0.39, 0.29) is 97.6 Å². The SMILES string of the molecule is C=S(=O)(O)c1nc2cc(-n3cccn3)c(F)cc2[nH]1.C=S(=O)(O)c1nc2cc3c(cc2[nH]1)C(=O)c1ccccc1C3=O.C=S(=O)(O)c1nc2cc3c(cc2[nH]1)NC(=O)CO3.C=S(=O)(O)c1nc2ccc(S(=O)(=O)NCCCC)cc2[nH]1.C=S(=O)(O)c1nc2ccc(S(C)(=O)=O)cc2[nH]1.C=S(=O)(O)c1nc2ccc(S(N)(=O)=O)cc2[nH]1.O=C(O)c1cc(F)cc2[nH]c(S(=O)(=O)O)nc12. The normalized spacial score (nSPS) is 15.3. The summed E-state index contributed by atoms with van der Waals surface area (Å²) in [6.45, 7) is 2.29. The first-order valence-electron chi connectivity index (χ1n) is 36.2. The molecule has 9 heterocycles. The standard InChI is InChI=1S/C16H10N2O4S.C12H17N3O4S2.C11H9FN4O2S.C10H9N3O4S.C9H10N2O4S2.C8H5FN2O5S.C8H9N3O4S2/c1-23(21,22)16-17-12-6-10-11(7-13(12)18-16)15(20)9-5-3-2-4-8(9)14(10)19;1-3-4-7-13-21(18,19)9-5-6-10-11(8-9)15-12(14-10)20(2,16)17;1-19(17,18)11-14-8-5-7(12)10(6-9(8)15-11)16-4-2-3-13-16;1-18(15,16)10-12-5-2-7-8(3-6(5)13-10)17-4-9(14)11-7;1-16(12,13)6-3-4-7-8(5-6)11-9(10-7)17(2,14)15;9-3-1-4(7(12)13)6-5(2-3)10-8(11-6)17(14,15)16;1-16(12,13)8-10-6-3-2-5(17(9,14)15)4-7(6)11-8/h2-7H,1H2,(H,17,18)(H,21,22);5-6,8,13H,2-4,7H2,1H3,(H,14,15)(H,16,17);2-6H,1H2,(H,14,15)(H,17,18);2-3H,1,4H2,(H,11,14)(H,12,13)(H,15,16);3-5H,2H2,1H3,(H,10,11)(H,14,15);1-2H,(H,10,11)(H,12,13)(H,14,15,16);2-4H,1H2,(H,10,11)(H,12,13)(H2,9,14,15). The van der Waals surface area contributed by atoms with E-state index >= 15 is 0 Å². The number of carboxylic acids is 1. The van der Waals surface area contributed by atoms with Gasteiger partial charge in [-0.25, -0.2) is 114 Å². The molecule has 8 aromatic carbocycles. The quantitative estimate of drug-likeness (QED) is 0.0305. The number of amides is 1. The first-order valence-corrected chi connectivity index (χ1v) is 52.7. The number of fused-ring (bicyclic) bond motifs is 10. The molecule has 1 amide bonds. The molecule has 696 valence electrons. The topological polar surface area (TPSA) is 747 Å². The number of H-pyrrole nitrogens is 7. The van der Waals surface area contributed by atoms with E-state index in [0.29, 0.717) is 101 Å². The fourth-order valence-corrected chi connectivity index (χ4v) is 17.7. The zero-order valence-corrected chi connectivity index (χ0v) is 75.4. The zero-order chi connectivity index (χ0) is 97.0. The highest BCUT2D eigenvalue weighted by Crippen LogP contribution is 2.35. The minimum atomic E-state index is -4.60. The van der Waals surface area contributed by atoms with Gasteiger partial charge in [-0.15, -0.1) is 0 Å². The molecule has 16 aromatic rings. The third-order valence-electron chi connectivity index (χ3n) is 18.0. The number of sulfone groups is 1. The molecule has 2 aliphatic rings. The average molecular weight is 2020 g/mol. The molecule has 18 rings (SSSR count). The Kier molecular flexibility index (Phi) is 27.0. The molecular weight excluding hydrogens is 1950 g/mol. The molecule has 6 atom stereocenters. The highest BCUT2D eigenvalue weighted by Gasteiger charge is 2.32. The lowest BCUT2D eigenvalue weighted by atomic mass is 9.84. The fraction of sp³-hybridized carbons (Fsp3) is 0.0811. The lowest BCUT2D eigenvalue weighted by Crippen LogP contribution is -2.25. The number of anilines is 1. The molecule has 19 N–H and O–H groups in total. The number of primary sulfonamides is 1. The predicted octanol–water partition coefficient (Wildman–Crippen LogP) is 5.87. The van der Waals surface area contributed by atoms with Crippen molar-refractivity contribution in [3.8, 4) is 11.4 Å². The van der Waals surface area contributed by atoms with Crippen LogP contribution < -0.4 is 19.9 Å². The monoisotopic (exact) mass is 2010 g/mol. The van der Waals surface area contributed by atoms with Gasteiger partial charge in [0.1, 0.15) is 81.6 Å². The minimum Gasteiger partial charge on any atom is -0.481 e. The Balaban J connectivity index is 0.000000139. The minimum absolute atomic E-state index is 0.0537. The predicted molar refractivity (Wildman–Crippen MR) is 485 cm³/mol. The number of nitrogens with zero attached hydrogens (tertiary/aromatic N) is 9. The highest BCUT2D eigenvalue weighted by molar-refractivity contribution is 7.96. The number of carbonyl (C=O) groups excluding carboxylic acids is 3. The van der Waals surface area contributed by atoms with Gasteiger partial charge < -0.3 is 77.4 Å². The number of benzene rings is 8. The van der Waals surface area contributed by atoms with Gasteiger partial charge in [0.15, 0.2) is 33.8 Å². The number of aromatic amines is 7. The molecule has 0 spiro atoms. The van der Waals surface area contributed by atoms with E-state index in [1.54, 1.807) is 48.7 Å². The second kappa shape index (κ2) is 36.5. The number of aromatic nitrogens is 16. The van der Waals surface area contributed by atoms with Crippen LogP contribution in [0.4, 0.5) is 14.5 Å². The van der Waals surface area contributed by atoms with Crippen molar-refractivity contribution in [3.63, 3.8) is 0 Å². The maximum Gasteiger partial charge on any atom is 0.338 e. The van der Waals surface area contributed by atoms with Crippen molar-refractivity contribution in [3.05, 3.63) is 185 Å². The molecular formula is C74H69F2N19O27S10. The number of imidazole rings is 7. The molecule has 6 unspecified atom stereocenters. The van der Waals surface area contributed by atoms with Crippen molar-refractivity contribution >= 4 is 240 Å². The average Bonchev–Trinajstić information content (AvgIpc) is 1.74. The van der Waals surface area contributed by atoms with E-state index in [9.17, 15) is 114 Å². The van der Waals surface area contributed by atoms with Gasteiger partial charge in [0, 0.05) is 59.6 Å². The van der Waals surface area contributed by atoms with Crippen molar-refractivity contribution < 1.29 is 129 Å². The van der Waals surface area contributed by atoms with Crippen LogP contribution >= 0.6 is 0 Å². The first-order chi connectivity index (χ1) is 61.1. The molecule has 0 bridgehead atoms. The third-order valence-corrected chi connectivity index (χ3v) is 26.9. The van der Waals surface area contributed by atoms with Crippen LogP contribution in [0.3, 0.4) is 0 Å². The van der Waals surface area contributed by atoms with E-state index in [2.05, 4.69) is 120 Å². The molecule has 8 aromatic heterocycles. The van der Waals surface area contributed by atoms with Crippen molar-refractivity contribution in [1.82, 2.24) is 84.3 Å². The Morgan fingerprint density at radius 2 is 0.886 bits per heavy atom. The fourth-order valence-electron chi connectivity index (χ4n) is 11.9. The van der Waals surface area contributed by atoms with Crippen LogP contribution in [0.15, 0.2) is 197 Å². The number of hydrogen-bond donors (Lipinski definition) is 18. The molecule has 1 aliphatic heterocycles. The Bertz CT molecular complexity index is 8450. The third kappa shape index (κ3) is 22.7. The molecule has 0 saturated carbocycles. The maximum absolute atomic E-state index is 13.9. The van der Waals surface area contributed by atoms with Crippen molar-refractivity contribution in [2.45, 2.75) is 70.5 Å². The van der Waals surface area contributed by atoms with E-state index in [0.717, 1.165) is 25.2 Å². The van der Waals surface area contributed by atoms with Crippen LogP contribution in [-0.2, 0) is 104 Å². The summed E-state index contributed by atoms with van der Waals surface area (Å²) in [5.74, 6) is 15.5. The molecule has 0 saturated heterocycles. The van der Waals surface area contributed by atoms with Crippen molar-refractivity contribution in [2.24, 2.45) is 5.14 Å². The van der Waals surface area contributed by atoms with Crippen LogP contribution in [0.1, 0.15) is 62.0 Å². The lowest BCUT2D eigenvalue weighted by molar-refractivity contribution is -0.118. The Morgan fingerprint density at radius 1 is 0.477 bits per heavy atom. The Morgan fingerprint density at radius 3 is 1.33 bits per heavy atom. The van der Waals surface area contributed by atoms with Gasteiger partial charge in [-0.2, -0.15) is 13.5 Å². The second-order valence-electron chi connectivity index (χ2n) is 28.0. The summed E-state index contributed by atoms with van der Waals surface area (Å²) < 4.78 is 260. The highest BCUT2D eigenvalue weighted by atomic mass is 32.2. The number of carboxylic acid groups (broad SMARTS) is 1. The number of ether oxygens (including phenoxy) is 1. The number of rotatable bonds is 16. The summed E-state index contributed by atoms with van der Waals surface area (Å²) in [5, 5.41) is 18.5. The van der Waals surface area contributed by atoms with Crippen LogP contribution in [0, 0.1) is 11.6 Å². The largest absolute Gasteiger partial charge is 0.481 e. The van der Waals surface area contributed by atoms with E-state index in [1.807, 2.05) is 6.92 Å². The first kappa shape index (κ1) is 97.8. The maximum atomic E-state index is 13.9.